The third-order valence-electron chi connectivity index (χ3n) is 6.75. The van der Waals surface area contributed by atoms with Crippen molar-refractivity contribution >= 4 is 11.6 Å². The summed E-state index contributed by atoms with van der Waals surface area (Å²) in [6, 6.07) is 7.16. The minimum atomic E-state index is -0.667. The highest BCUT2D eigenvalue weighted by Crippen LogP contribution is 2.24. The number of carbonyl (C=O) groups excluding carboxylic acids is 1. The van der Waals surface area contributed by atoms with E-state index in [1.165, 1.54) is 18.2 Å². The topological polar surface area (TPSA) is 62.1 Å². The molecule has 1 aromatic carbocycles. The van der Waals surface area contributed by atoms with Crippen LogP contribution in [-0.4, -0.2) is 70.9 Å². The summed E-state index contributed by atoms with van der Waals surface area (Å²) in [4.78, 5) is 22.7. The fourth-order valence-electron chi connectivity index (χ4n) is 4.62. The van der Waals surface area contributed by atoms with Crippen molar-refractivity contribution in [1.29, 1.82) is 0 Å². The standard InChI is InChI=1S/C27H35F2N5O2/c1-4-5-8-20(17-33-15-13-32(3)14-16-33)31-27(35)25-19(2)30-26-24(11-7-12-34(25)26)36-18-21-22(28)9-6-10-23(21)29/h6-7,9-12,20H,4-5,8,13-18H2,1-3H3,(H,31,35)/t20-/m1/s1. The normalized spacial score (nSPS) is 15.8. The highest BCUT2D eigenvalue weighted by Gasteiger charge is 2.24. The predicted octanol–water partition coefficient (Wildman–Crippen LogP) is 4.04. The number of ether oxygens (including phenoxy) is 1. The number of aryl methyl sites for hydroxylation is 1. The van der Waals surface area contributed by atoms with Gasteiger partial charge in [0, 0.05) is 45.0 Å². The molecular formula is C27H35F2N5O2. The number of piperazine rings is 1. The number of benzene rings is 1. The molecular weight excluding hydrogens is 464 g/mol. The van der Waals surface area contributed by atoms with Crippen LogP contribution < -0.4 is 10.1 Å². The Morgan fingerprint density at radius 1 is 1.14 bits per heavy atom. The molecule has 7 nitrogen and oxygen atoms in total. The zero-order chi connectivity index (χ0) is 25.7. The molecule has 1 fully saturated rings. The Labute approximate surface area is 211 Å². The highest BCUT2D eigenvalue weighted by atomic mass is 19.1. The van der Waals surface area contributed by atoms with Gasteiger partial charge in [0.1, 0.15) is 23.9 Å². The van der Waals surface area contributed by atoms with Gasteiger partial charge in [-0.15, -0.1) is 0 Å². The Morgan fingerprint density at radius 3 is 2.56 bits per heavy atom. The van der Waals surface area contributed by atoms with Crippen LogP contribution in [0.1, 0.15) is 47.9 Å². The summed E-state index contributed by atoms with van der Waals surface area (Å²) in [7, 11) is 2.13. The number of hydrogen-bond acceptors (Lipinski definition) is 5. The van der Waals surface area contributed by atoms with Crippen molar-refractivity contribution in [3.05, 3.63) is 65.1 Å². The Hall–Kier alpha value is -3.04. The second-order valence-electron chi connectivity index (χ2n) is 9.52. The van der Waals surface area contributed by atoms with Gasteiger partial charge >= 0.3 is 0 Å². The molecule has 0 spiro atoms. The summed E-state index contributed by atoms with van der Waals surface area (Å²) in [6.45, 7) is 8.51. The number of halogens is 2. The number of aromatic nitrogens is 2. The van der Waals surface area contributed by atoms with Crippen molar-refractivity contribution in [2.24, 2.45) is 0 Å². The lowest BCUT2D eigenvalue weighted by molar-refractivity contribution is 0.0896. The van der Waals surface area contributed by atoms with Gasteiger partial charge in [-0.3, -0.25) is 14.1 Å². The summed E-state index contributed by atoms with van der Waals surface area (Å²) in [5, 5.41) is 3.24. The van der Waals surface area contributed by atoms with Gasteiger partial charge in [-0.2, -0.15) is 0 Å². The van der Waals surface area contributed by atoms with Gasteiger partial charge < -0.3 is 15.0 Å². The SMILES string of the molecule is CCCC[C@H](CN1CCN(C)CC1)NC(=O)c1c(C)nc2c(OCc3c(F)cccc3F)cccn12. The molecule has 1 N–H and O–H groups in total. The molecule has 1 amide bonds. The van der Waals surface area contributed by atoms with Gasteiger partial charge in [0.25, 0.3) is 5.91 Å². The van der Waals surface area contributed by atoms with E-state index in [0.29, 0.717) is 22.8 Å². The first-order valence-electron chi connectivity index (χ1n) is 12.6. The second-order valence-corrected chi connectivity index (χ2v) is 9.52. The monoisotopic (exact) mass is 499 g/mol. The summed E-state index contributed by atoms with van der Waals surface area (Å²) in [6.07, 6.45) is 4.76. The number of likely N-dealkylation sites (N-methyl/N-ethyl adjacent to an activating group) is 1. The lowest BCUT2D eigenvalue weighted by atomic mass is 10.1. The molecule has 1 aliphatic rings. The number of nitrogens with zero attached hydrogens (tertiary/aromatic N) is 4. The van der Waals surface area contributed by atoms with Gasteiger partial charge in [-0.1, -0.05) is 25.8 Å². The molecule has 0 radical (unpaired) electrons. The van der Waals surface area contributed by atoms with Crippen LogP contribution in [0.2, 0.25) is 0 Å². The zero-order valence-corrected chi connectivity index (χ0v) is 21.3. The Bertz CT molecular complexity index is 1170. The van der Waals surface area contributed by atoms with E-state index in [1.807, 2.05) is 0 Å². The van der Waals surface area contributed by atoms with Crippen LogP contribution in [0.25, 0.3) is 5.65 Å². The van der Waals surface area contributed by atoms with Gasteiger partial charge in [0.2, 0.25) is 0 Å². The Balaban J connectivity index is 1.51. The third-order valence-corrected chi connectivity index (χ3v) is 6.75. The molecule has 3 aromatic rings. The van der Waals surface area contributed by atoms with E-state index in [4.69, 9.17) is 4.74 Å². The van der Waals surface area contributed by atoms with Crippen molar-refractivity contribution < 1.29 is 18.3 Å². The Kier molecular flexibility index (Phi) is 8.53. The molecule has 0 saturated carbocycles. The molecule has 1 atom stereocenters. The maximum absolute atomic E-state index is 14.0. The molecule has 4 rings (SSSR count). The molecule has 0 bridgehead atoms. The lowest BCUT2D eigenvalue weighted by Crippen LogP contribution is -2.50. The fraction of sp³-hybridized carbons (Fsp3) is 0.481. The summed E-state index contributed by atoms with van der Waals surface area (Å²) in [5.41, 5.74) is 1.28. The largest absolute Gasteiger partial charge is 0.485 e. The number of amides is 1. The van der Waals surface area contributed by atoms with Crippen LogP contribution in [0.3, 0.4) is 0 Å². The summed E-state index contributed by atoms with van der Waals surface area (Å²) >= 11 is 0. The predicted molar refractivity (Wildman–Crippen MR) is 135 cm³/mol. The molecule has 2 aromatic heterocycles. The maximum atomic E-state index is 14.0. The molecule has 1 saturated heterocycles. The van der Waals surface area contributed by atoms with Gasteiger partial charge in [0.15, 0.2) is 11.4 Å². The summed E-state index contributed by atoms with van der Waals surface area (Å²) in [5.74, 6) is -1.17. The fourth-order valence-corrected chi connectivity index (χ4v) is 4.62. The smallest absolute Gasteiger partial charge is 0.270 e. The van der Waals surface area contributed by atoms with Crippen molar-refractivity contribution in [3.8, 4) is 5.75 Å². The van der Waals surface area contributed by atoms with Gasteiger partial charge in [0.05, 0.1) is 11.3 Å². The minimum Gasteiger partial charge on any atom is -0.485 e. The molecule has 3 heterocycles. The molecule has 0 aliphatic carbocycles. The van der Waals surface area contributed by atoms with Gasteiger partial charge in [-0.05, 0) is 44.7 Å². The van der Waals surface area contributed by atoms with E-state index in [9.17, 15) is 13.6 Å². The number of unbranched alkanes of at least 4 members (excludes halogenated alkanes) is 1. The van der Waals surface area contributed by atoms with E-state index >= 15 is 0 Å². The number of carbonyl (C=O) groups is 1. The number of imidazole rings is 1. The average molecular weight is 500 g/mol. The van der Waals surface area contributed by atoms with Crippen molar-refractivity contribution in [2.75, 3.05) is 39.8 Å². The molecule has 36 heavy (non-hydrogen) atoms. The van der Waals surface area contributed by atoms with E-state index in [1.54, 1.807) is 29.7 Å². The minimum absolute atomic E-state index is 0.0364. The number of fused-ring (bicyclic) bond motifs is 1. The number of pyridine rings is 1. The highest BCUT2D eigenvalue weighted by molar-refractivity contribution is 5.95. The molecule has 1 aliphatic heterocycles. The van der Waals surface area contributed by atoms with Crippen LogP contribution in [-0.2, 0) is 6.61 Å². The first-order valence-corrected chi connectivity index (χ1v) is 12.6. The van der Waals surface area contributed by atoms with Crippen molar-refractivity contribution in [3.63, 3.8) is 0 Å². The molecule has 0 unspecified atom stereocenters. The van der Waals surface area contributed by atoms with Crippen LogP contribution in [0.5, 0.6) is 5.75 Å². The van der Waals surface area contributed by atoms with Crippen LogP contribution in [0.15, 0.2) is 36.5 Å². The van der Waals surface area contributed by atoms with E-state index < -0.39 is 11.6 Å². The first-order chi connectivity index (χ1) is 17.4. The molecule has 194 valence electrons. The number of rotatable bonds is 10. The first kappa shape index (κ1) is 26.0. The van der Waals surface area contributed by atoms with Crippen LogP contribution in [0, 0.1) is 18.6 Å². The number of hydrogen-bond donors (Lipinski definition) is 1. The average Bonchev–Trinajstić information content (AvgIpc) is 3.20. The molecule has 9 heteroatoms. The van der Waals surface area contributed by atoms with Crippen molar-refractivity contribution in [1.82, 2.24) is 24.5 Å². The lowest BCUT2D eigenvalue weighted by Gasteiger charge is -2.35. The summed E-state index contributed by atoms with van der Waals surface area (Å²) < 4.78 is 35.5. The van der Waals surface area contributed by atoms with Crippen LogP contribution in [0.4, 0.5) is 8.78 Å². The van der Waals surface area contributed by atoms with E-state index in [0.717, 1.165) is 52.0 Å². The number of nitrogens with one attached hydrogen (secondary N) is 1. The second kappa shape index (κ2) is 11.8. The quantitative estimate of drug-likeness (QED) is 0.456. The Morgan fingerprint density at radius 2 is 1.86 bits per heavy atom. The third kappa shape index (κ3) is 6.02. The van der Waals surface area contributed by atoms with Crippen LogP contribution >= 0.6 is 0 Å². The van der Waals surface area contributed by atoms with Crippen molar-refractivity contribution in [2.45, 2.75) is 45.8 Å². The zero-order valence-electron chi connectivity index (χ0n) is 21.3. The van der Waals surface area contributed by atoms with E-state index in [-0.39, 0.29) is 24.1 Å². The maximum Gasteiger partial charge on any atom is 0.270 e. The van der Waals surface area contributed by atoms with Gasteiger partial charge in [-0.25, -0.2) is 13.8 Å². The van der Waals surface area contributed by atoms with E-state index in [2.05, 4.69) is 34.1 Å².